The number of anilines is 1. The van der Waals surface area contributed by atoms with Crippen molar-refractivity contribution in [3.05, 3.63) is 88.7 Å². The van der Waals surface area contributed by atoms with Crippen molar-refractivity contribution in [1.29, 1.82) is 0 Å². The second-order valence-electron chi connectivity index (χ2n) is 10.0. The van der Waals surface area contributed by atoms with E-state index in [1.54, 1.807) is 19.2 Å². The zero-order valence-corrected chi connectivity index (χ0v) is 20.3. The van der Waals surface area contributed by atoms with Crippen LogP contribution in [-0.4, -0.2) is 26.6 Å². The van der Waals surface area contributed by atoms with E-state index < -0.39 is 5.60 Å². The van der Waals surface area contributed by atoms with Gasteiger partial charge in [-0.05, 0) is 93.2 Å². The van der Waals surface area contributed by atoms with Crippen LogP contribution < -0.4 is 5.32 Å². The Hall–Kier alpha value is -3.49. The summed E-state index contributed by atoms with van der Waals surface area (Å²) >= 11 is 0. The SMILES string of the molecule is CC#C[C@@]1(O)CC[C@@]2(Cc3ccccc3)c3ccc(C(=O)Nc4nccc(C)n4)cc3CC[C@@H]2C1. The third kappa shape index (κ3) is 4.59. The van der Waals surface area contributed by atoms with Gasteiger partial charge in [0.2, 0.25) is 5.95 Å². The maximum Gasteiger partial charge on any atom is 0.258 e. The number of carbonyl (C=O) groups excluding carboxylic acids is 1. The molecule has 1 heterocycles. The van der Waals surface area contributed by atoms with Gasteiger partial charge in [-0.3, -0.25) is 10.1 Å². The fraction of sp³-hybridized carbons (Fsp3) is 0.367. The third-order valence-corrected chi connectivity index (χ3v) is 7.76. The zero-order chi connectivity index (χ0) is 24.5. The average Bonchev–Trinajstić information content (AvgIpc) is 2.85. The van der Waals surface area contributed by atoms with E-state index in [1.807, 2.05) is 25.1 Å². The van der Waals surface area contributed by atoms with Crippen LogP contribution in [-0.2, 0) is 18.3 Å². The van der Waals surface area contributed by atoms with Gasteiger partial charge in [0.25, 0.3) is 5.91 Å². The topological polar surface area (TPSA) is 75.1 Å². The van der Waals surface area contributed by atoms with Gasteiger partial charge in [-0.25, -0.2) is 9.97 Å². The number of amides is 1. The van der Waals surface area contributed by atoms with Crippen LogP contribution in [0.5, 0.6) is 0 Å². The molecule has 5 nitrogen and oxygen atoms in total. The summed E-state index contributed by atoms with van der Waals surface area (Å²) < 4.78 is 0. The van der Waals surface area contributed by atoms with E-state index in [0.29, 0.717) is 30.3 Å². The van der Waals surface area contributed by atoms with Crippen LogP contribution >= 0.6 is 0 Å². The fourth-order valence-electron chi connectivity index (χ4n) is 6.15. The van der Waals surface area contributed by atoms with Crippen LogP contribution in [0.3, 0.4) is 0 Å². The summed E-state index contributed by atoms with van der Waals surface area (Å²) in [7, 11) is 0. The molecule has 0 bridgehead atoms. The maximum absolute atomic E-state index is 13.0. The summed E-state index contributed by atoms with van der Waals surface area (Å²) in [6, 6.07) is 18.5. The maximum atomic E-state index is 13.0. The molecule has 178 valence electrons. The number of benzene rings is 2. The van der Waals surface area contributed by atoms with Gasteiger partial charge in [-0.15, -0.1) is 5.92 Å². The van der Waals surface area contributed by atoms with Crippen molar-refractivity contribution in [2.45, 2.75) is 63.4 Å². The van der Waals surface area contributed by atoms with Gasteiger partial charge in [0.15, 0.2) is 0 Å². The molecule has 5 rings (SSSR count). The van der Waals surface area contributed by atoms with Crippen molar-refractivity contribution in [2.75, 3.05) is 5.32 Å². The smallest absolute Gasteiger partial charge is 0.258 e. The summed E-state index contributed by atoms with van der Waals surface area (Å²) in [5.74, 6) is 6.48. The molecular formula is C30H31N3O2. The quantitative estimate of drug-likeness (QED) is 0.531. The standard InChI is InChI=1S/C30H31N3O2/c1-3-14-29(35)15-16-30(19-22-7-5-4-6-8-22)25(20-29)11-9-23-18-24(10-12-26(23)30)27(34)33-28-31-17-13-21(2)32-28/h4-8,10,12-13,17-18,25,35H,9,11,15-16,19-20H2,1-2H3,(H,31,32,33,34)/t25-,29-,30+/m1/s1. The van der Waals surface area contributed by atoms with Crippen molar-refractivity contribution in [3.8, 4) is 11.8 Å². The van der Waals surface area contributed by atoms with Crippen LogP contribution in [0.1, 0.15) is 65.3 Å². The minimum Gasteiger partial charge on any atom is -0.378 e. The number of rotatable bonds is 4. The molecule has 0 aliphatic heterocycles. The highest BCUT2D eigenvalue weighted by molar-refractivity contribution is 6.03. The molecule has 5 heteroatoms. The first-order valence-electron chi connectivity index (χ1n) is 12.4. The summed E-state index contributed by atoms with van der Waals surface area (Å²) in [4.78, 5) is 21.4. The second-order valence-corrected chi connectivity index (χ2v) is 10.0. The van der Waals surface area contributed by atoms with E-state index in [9.17, 15) is 9.90 Å². The second kappa shape index (κ2) is 9.28. The Labute approximate surface area is 207 Å². The molecule has 1 aromatic heterocycles. The minimum atomic E-state index is -0.912. The molecule has 1 saturated carbocycles. The molecular weight excluding hydrogens is 434 g/mol. The average molecular weight is 466 g/mol. The van der Waals surface area contributed by atoms with Gasteiger partial charge in [0, 0.05) is 22.9 Å². The highest BCUT2D eigenvalue weighted by Gasteiger charge is 2.51. The lowest BCUT2D eigenvalue weighted by molar-refractivity contribution is -0.00801. The molecule has 2 aromatic carbocycles. The first-order valence-corrected chi connectivity index (χ1v) is 12.4. The lowest BCUT2D eigenvalue weighted by Crippen LogP contribution is -2.50. The lowest BCUT2D eigenvalue weighted by Gasteiger charge is -2.52. The molecule has 1 amide bonds. The summed E-state index contributed by atoms with van der Waals surface area (Å²) in [5, 5.41) is 14.0. The highest BCUT2D eigenvalue weighted by atomic mass is 16.3. The molecule has 3 aromatic rings. The first-order chi connectivity index (χ1) is 16.9. The number of aryl methyl sites for hydroxylation is 2. The zero-order valence-electron chi connectivity index (χ0n) is 20.3. The number of aromatic nitrogens is 2. The van der Waals surface area contributed by atoms with E-state index in [1.165, 1.54) is 16.7 Å². The Kier molecular flexibility index (Phi) is 6.17. The molecule has 2 aliphatic carbocycles. The van der Waals surface area contributed by atoms with Crippen LogP contribution in [0.15, 0.2) is 60.8 Å². The van der Waals surface area contributed by atoms with Crippen molar-refractivity contribution in [2.24, 2.45) is 5.92 Å². The van der Waals surface area contributed by atoms with Crippen molar-refractivity contribution >= 4 is 11.9 Å². The first kappa shape index (κ1) is 23.3. The van der Waals surface area contributed by atoms with E-state index in [4.69, 9.17) is 0 Å². The fourth-order valence-corrected chi connectivity index (χ4v) is 6.15. The van der Waals surface area contributed by atoms with E-state index in [-0.39, 0.29) is 11.3 Å². The summed E-state index contributed by atoms with van der Waals surface area (Å²) in [6.45, 7) is 3.67. The normalized spacial score (nSPS) is 24.9. The number of nitrogens with zero attached hydrogens (tertiary/aromatic N) is 2. The van der Waals surface area contributed by atoms with Gasteiger partial charge in [-0.1, -0.05) is 42.3 Å². The van der Waals surface area contributed by atoms with Gasteiger partial charge < -0.3 is 5.11 Å². The van der Waals surface area contributed by atoms with Crippen LogP contribution in [0, 0.1) is 24.7 Å². The third-order valence-electron chi connectivity index (χ3n) is 7.76. The van der Waals surface area contributed by atoms with Crippen LogP contribution in [0.25, 0.3) is 0 Å². The summed E-state index contributed by atoms with van der Waals surface area (Å²) in [6.07, 6.45) is 6.63. The predicted molar refractivity (Wildman–Crippen MR) is 137 cm³/mol. The monoisotopic (exact) mass is 465 g/mol. The molecule has 2 N–H and O–H groups in total. The van der Waals surface area contributed by atoms with E-state index in [0.717, 1.165) is 31.4 Å². The molecule has 1 fully saturated rings. The Balaban J connectivity index is 1.49. The molecule has 2 aliphatic rings. The van der Waals surface area contributed by atoms with Crippen molar-refractivity contribution in [3.63, 3.8) is 0 Å². The van der Waals surface area contributed by atoms with Crippen molar-refractivity contribution in [1.82, 2.24) is 9.97 Å². The van der Waals surface area contributed by atoms with E-state index in [2.05, 4.69) is 57.5 Å². The Morgan fingerprint density at radius 2 is 2.00 bits per heavy atom. The minimum absolute atomic E-state index is 0.0781. The predicted octanol–water partition coefficient (Wildman–Crippen LogP) is 5.02. The van der Waals surface area contributed by atoms with E-state index >= 15 is 0 Å². The summed E-state index contributed by atoms with van der Waals surface area (Å²) in [5.41, 5.74) is 4.27. The lowest BCUT2D eigenvalue weighted by atomic mass is 9.52. The van der Waals surface area contributed by atoms with Crippen LogP contribution in [0.2, 0.25) is 0 Å². The van der Waals surface area contributed by atoms with Gasteiger partial charge >= 0.3 is 0 Å². The number of aliphatic hydroxyl groups is 1. The Morgan fingerprint density at radius 3 is 2.77 bits per heavy atom. The number of hydrogen-bond donors (Lipinski definition) is 2. The Bertz CT molecular complexity index is 1310. The molecule has 0 saturated heterocycles. The largest absolute Gasteiger partial charge is 0.378 e. The van der Waals surface area contributed by atoms with Gasteiger partial charge in [-0.2, -0.15) is 0 Å². The molecule has 3 atom stereocenters. The number of fused-ring (bicyclic) bond motifs is 3. The molecule has 35 heavy (non-hydrogen) atoms. The number of carbonyl (C=O) groups is 1. The highest BCUT2D eigenvalue weighted by Crippen LogP contribution is 2.54. The van der Waals surface area contributed by atoms with Gasteiger partial charge in [0.05, 0.1) is 0 Å². The number of hydrogen-bond acceptors (Lipinski definition) is 4. The van der Waals surface area contributed by atoms with Crippen molar-refractivity contribution < 1.29 is 9.90 Å². The van der Waals surface area contributed by atoms with Crippen LogP contribution in [0.4, 0.5) is 5.95 Å². The number of nitrogens with one attached hydrogen (secondary N) is 1. The molecule has 0 spiro atoms. The van der Waals surface area contributed by atoms with Gasteiger partial charge in [0.1, 0.15) is 5.60 Å². The Morgan fingerprint density at radius 1 is 1.17 bits per heavy atom. The molecule has 0 unspecified atom stereocenters. The molecule has 0 radical (unpaired) electrons.